The molecule has 41 heavy (non-hydrogen) atoms. The summed E-state index contributed by atoms with van der Waals surface area (Å²) in [5.41, 5.74) is 0.962. The molecule has 2 nitrogen and oxygen atoms in total. The highest BCUT2D eigenvalue weighted by Crippen LogP contribution is 2.40. The standard InChI is InChI=1S/C39H70O2/c1-5-8-11-14-17-19-21-27-32-37(35-36-30-25-24-26-31-36)39(4,33-28-22-16-13-10-7-3)38(40)41-34-29-23-20-18-15-12-9-6-2/h24-26,30-31,37H,5-23,27-29,32-35H2,1-4H3. The predicted molar refractivity (Wildman–Crippen MR) is 181 cm³/mol. The molecule has 0 saturated carbocycles. The molecule has 2 unspecified atom stereocenters. The molecule has 2 heteroatoms. The molecule has 1 aromatic carbocycles. The van der Waals surface area contributed by atoms with E-state index in [2.05, 4.69) is 58.0 Å². The van der Waals surface area contributed by atoms with Gasteiger partial charge in [-0.2, -0.15) is 0 Å². The summed E-state index contributed by atoms with van der Waals surface area (Å²) in [4.78, 5) is 13.9. The molecule has 1 aromatic rings. The number of ether oxygens (including phenoxy) is 1. The highest BCUT2D eigenvalue weighted by Gasteiger charge is 2.41. The van der Waals surface area contributed by atoms with Crippen LogP contribution < -0.4 is 0 Å². The SMILES string of the molecule is CCCCCCCCCCOC(=O)C(C)(CCCCCCCC)C(CCCCCCCCCC)Cc1ccccc1. The van der Waals surface area contributed by atoms with E-state index in [1.54, 1.807) is 0 Å². The summed E-state index contributed by atoms with van der Waals surface area (Å²) >= 11 is 0. The number of esters is 1. The Hall–Kier alpha value is -1.31. The normalized spacial score (nSPS) is 13.7. The topological polar surface area (TPSA) is 26.3 Å². The van der Waals surface area contributed by atoms with Gasteiger partial charge in [-0.25, -0.2) is 0 Å². The number of carbonyl (C=O) groups excluding carboxylic acids is 1. The van der Waals surface area contributed by atoms with E-state index in [1.165, 1.54) is 134 Å². The number of rotatable bonds is 29. The van der Waals surface area contributed by atoms with Crippen LogP contribution >= 0.6 is 0 Å². The quantitative estimate of drug-likeness (QED) is 0.0707. The van der Waals surface area contributed by atoms with Crippen molar-refractivity contribution in [2.45, 2.75) is 188 Å². The first-order valence-electron chi connectivity index (χ1n) is 18.3. The molecule has 0 bridgehead atoms. The van der Waals surface area contributed by atoms with E-state index in [-0.39, 0.29) is 5.97 Å². The summed E-state index contributed by atoms with van der Waals surface area (Å²) in [6.07, 6.45) is 31.5. The maximum absolute atomic E-state index is 13.9. The van der Waals surface area contributed by atoms with E-state index >= 15 is 0 Å². The van der Waals surface area contributed by atoms with Crippen LogP contribution in [0.4, 0.5) is 0 Å². The van der Waals surface area contributed by atoms with Crippen LogP contribution in [0.3, 0.4) is 0 Å². The Morgan fingerprint density at radius 2 is 1.05 bits per heavy atom. The van der Waals surface area contributed by atoms with Gasteiger partial charge in [-0.3, -0.25) is 4.79 Å². The van der Waals surface area contributed by atoms with Crippen molar-refractivity contribution in [2.24, 2.45) is 11.3 Å². The highest BCUT2D eigenvalue weighted by atomic mass is 16.5. The van der Waals surface area contributed by atoms with Crippen molar-refractivity contribution >= 4 is 5.97 Å². The Bertz CT molecular complexity index is 699. The summed E-state index contributed by atoms with van der Waals surface area (Å²) < 4.78 is 6.11. The average molecular weight is 571 g/mol. The van der Waals surface area contributed by atoms with Crippen LogP contribution in [0.2, 0.25) is 0 Å². The fraction of sp³-hybridized carbons (Fsp3) is 0.821. The molecule has 2 atom stereocenters. The minimum absolute atomic E-state index is 0.0782. The van der Waals surface area contributed by atoms with Crippen LogP contribution in [0.5, 0.6) is 0 Å². The maximum atomic E-state index is 13.9. The van der Waals surface area contributed by atoms with Crippen molar-refractivity contribution in [3.8, 4) is 0 Å². The lowest BCUT2D eigenvalue weighted by molar-refractivity contribution is -0.159. The summed E-state index contributed by atoms with van der Waals surface area (Å²) in [6.45, 7) is 9.69. The minimum Gasteiger partial charge on any atom is -0.465 e. The van der Waals surface area contributed by atoms with Crippen LogP contribution in [-0.2, 0) is 16.0 Å². The molecule has 0 saturated heterocycles. The second kappa shape index (κ2) is 26.3. The molecule has 0 N–H and O–H groups in total. The van der Waals surface area contributed by atoms with Crippen molar-refractivity contribution in [1.29, 1.82) is 0 Å². The van der Waals surface area contributed by atoms with Crippen molar-refractivity contribution in [1.82, 2.24) is 0 Å². The Labute approximate surface area is 257 Å². The lowest BCUT2D eigenvalue weighted by Crippen LogP contribution is -2.39. The van der Waals surface area contributed by atoms with E-state index in [9.17, 15) is 4.79 Å². The van der Waals surface area contributed by atoms with E-state index in [0.29, 0.717) is 12.5 Å². The van der Waals surface area contributed by atoms with Crippen LogP contribution in [0.25, 0.3) is 0 Å². The van der Waals surface area contributed by atoms with E-state index in [0.717, 1.165) is 32.1 Å². The van der Waals surface area contributed by atoms with Gasteiger partial charge in [-0.05, 0) is 44.1 Å². The summed E-state index contributed by atoms with van der Waals surface area (Å²) in [5.74, 6) is 0.418. The van der Waals surface area contributed by atoms with E-state index in [4.69, 9.17) is 4.74 Å². The molecule has 0 heterocycles. The third-order valence-corrected chi connectivity index (χ3v) is 9.38. The lowest BCUT2D eigenvalue weighted by Gasteiger charge is -2.36. The van der Waals surface area contributed by atoms with Gasteiger partial charge >= 0.3 is 5.97 Å². The molecule has 0 amide bonds. The summed E-state index contributed by atoms with van der Waals surface area (Å²) in [5, 5.41) is 0. The van der Waals surface area contributed by atoms with Gasteiger partial charge in [-0.1, -0.05) is 186 Å². The Morgan fingerprint density at radius 1 is 0.610 bits per heavy atom. The van der Waals surface area contributed by atoms with Crippen LogP contribution in [0.1, 0.15) is 187 Å². The second-order valence-corrected chi connectivity index (χ2v) is 13.2. The van der Waals surface area contributed by atoms with E-state index in [1.807, 2.05) is 0 Å². The zero-order chi connectivity index (χ0) is 29.9. The van der Waals surface area contributed by atoms with Gasteiger partial charge < -0.3 is 4.74 Å². The first-order chi connectivity index (χ1) is 20.1. The van der Waals surface area contributed by atoms with Gasteiger partial charge in [0.15, 0.2) is 0 Å². The smallest absolute Gasteiger partial charge is 0.312 e. The molecule has 0 spiro atoms. The Morgan fingerprint density at radius 3 is 1.56 bits per heavy atom. The molecule has 0 radical (unpaired) electrons. The average Bonchev–Trinajstić information content (AvgIpc) is 2.99. The fourth-order valence-electron chi connectivity index (χ4n) is 6.38. The minimum atomic E-state index is -0.401. The Kier molecular flexibility index (Phi) is 24.2. The van der Waals surface area contributed by atoms with Crippen LogP contribution in [0.15, 0.2) is 30.3 Å². The van der Waals surface area contributed by atoms with Gasteiger partial charge in [-0.15, -0.1) is 0 Å². The highest BCUT2D eigenvalue weighted by molar-refractivity contribution is 5.76. The second-order valence-electron chi connectivity index (χ2n) is 13.2. The lowest BCUT2D eigenvalue weighted by atomic mass is 9.68. The third kappa shape index (κ3) is 18.8. The molecule has 0 aliphatic carbocycles. The summed E-state index contributed by atoms with van der Waals surface area (Å²) in [7, 11) is 0. The first kappa shape index (κ1) is 37.7. The van der Waals surface area contributed by atoms with Gasteiger partial charge in [0, 0.05) is 0 Å². The molecule has 0 aliphatic heterocycles. The number of hydrogen-bond donors (Lipinski definition) is 0. The molecule has 0 fully saturated rings. The van der Waals surface area contributed by atoms with E-state index < -0.39 is 5.41 Å². The number of carbonyl (C=O) groups is 1. The van der Waals surface area contributed by atoms with Gasteiger partial charge in [0.05, 0.1) is 12.0 Å². The summed E-state index contributed by atoms with van der Waals surface area (Å²) in [6, 6.07) is 10.9. The van der Waals surface area contributed by atoms with Crippen molar-refractivity contribution < 1.29 is 9.53 Å². The van der Waals surface area contributed by atoms with Gasteiger partial charge in [0.25, 0.3) is 0 Å². The number of unbranched alkanes of at least 4 members (excludes halogenated alkanes) is 19. The monoisotopic (exact) mass is 571 g/mol. The molecule has 0 aliphatic rings. The fourth-order valence-corrected chi connectivity index (χ4v) is 6.38. The largest absolute Gasteiger partial charge is 0.465 e. The molecular formula is C39H70O2. The predicted octanol–water partition coefficient (Wildman–Crippen LogP) is 12.8. The first-order valence-corrected chi connectivity index (χ1v) is 18.3. The number of benzene rings is 1. The zero-order valence-electron chi connectivity index (χ0n) is 28.2. The molecule has 0 aromatic heterocycles. The number of hydrogen-bond acceptors (Lipinski definition) is 2. The molecule has 238 valence electrons. The van der Waals surface area contributed by atoms with Crippen molar-refractivity contribution in [3.05, 3.63) is 35.9 Å². The van der Waals surface area contributed by atoms with Crippen molar-refractivity contribution in [3.63, 3.8) is 0 Å². The molecular weight excluding hydrogens is 500 g/mol. The third-order valence-electron chi connectivity index (χ3n) is 9.38. The van der Waals surface area contributed by atoms with Crippen LogP contribution in [0, 0.1) is 11.3 Å². The molecule has 1 rings (SSSR count). The zero-order valence-corrected chi connectivity index (χ0v) is 28.2. The van der Waals surface area contributed by atoms with Crippen molar-refractivity contribution in [2.75, 3.05) is 6.61 Å². The Balaban J connectivity index is 2.77. The maximum Gasteiger partial charge on any atom is 0.312 e. The van der Waals surface area contributed by atoms with Gasteiger partial charge in [0.2, 0.25) is 0 Å². The van der Waals surface area contributed by atoms with Crippen LogP contribution in [-0.4, -0.2) is 12.6 Å². The van der Waals surface area contributed by atoms with Gasteiger partial charge in [0.1, 0.15) is 0 Å².